The molecule has 0 aromatic carbocycles. The van der Waals surface area contributed by atoms with Gasteiger partial charge in [0.1, 0.15) is 0 Å². The molecule has 0 aliphatic carbocycles. The van der Waals surface area contributed by atoms with Crippen molar-refractivity contribution in [1.29, 1.82) is 0 Å². The second-order valence-corrected chi connectivity index (χ2v) is 3.96. The summed E-state index contributed by atoms with van der Waals surface area (Å²) in [5.41, 5.74) is 11.0. The minimum Gasteiger partial charge on any atom is -0.326 e. The normalized spacial score (nSPS) is 10.8. The van der Waals surface area contributed by atoms with E-state index in [1.54, 1.807) is 12.4 Å². The fourth-order valence-electron chi connectivity index (χ4n) is 1.67. The van der Waals surface area contributed by atoms with Crippen molar-refractivity contribution < 1.29 is 0 Å². The summed E-state index contributed by atoms with van der Waals surface area (Å²) >= 11 is 0. The van der Waals surface area contributed by atoms with Crippen LogP contribution in [0.3, 0.4) is 0 Å². The second kappa shape index (κ2) is 4.06. The third-order valence-corrected chi connectivity index (χ3v) is 2.91. The maximum absolute atomic E-state index is 5.60. The van der Waals surface area contributed by atoms with Crippen molar-refractivity contribution in [2.24, 2.45) is 5.73 Å². The van der Waals surface area contributed by atoms with E-state index in [1.165, 1.54) is 5.56 Å². The lowest BCUT2D eigenvalue weighted by molar-refractivity contribution is 0.824. The highest BCUT2D eigenvalue weighted by atomic mass is 15.3. The molecule has 2 rings (SSSR count). The predicted molar refractivity (Wildman–Crippen MR) is 63.5 cm³/mol. The van der Waals surface area contributed by atoms with Crippen molar-refractivity contribution in [3.05, 3.63) is 41.0 Å². The first-order valence-electron chi connectivity index (χ1n) is 5.30. The zero-order valence-electron chi connectivity index (χ0n) is 9.86. The third-order valence-electron chi connectivity index (χ3n) is 2.91. The Balaban J connectivity index is 2.54. The van der Waals surface area contributed by atoms with Gasteiger partial charge in [-0.25, -0.2) is 4.68 Å². The molecule has 2 heterocycles. The smallest absolute Gasteiger partial charge is 0.0835 e. The molecular weight excluding hydrogens is 200 g/mol. The highest BCUT2D eigenvalue weighted by Gasteiger charge is 2.09. The van der Waals surface area contributed by atoms with E-state index >= 15 is 0 Å². The van der Waals surface area contributed by atoms with Crippen LogP contribution in [0.25, 0.3) is 5.69 Å². The molecule has 84 valence electrons. The molecule has 4 heteroatoms. The summed E-state index contributed by atoms with van der Waals surface area (Å²) in [7, 11) is 0. The topological polar surface area (TPSA) is 56.7 Å². The first kappa shape index (κ1) is 10.8. The molecule has 2 aromatic rings. The zero-order valence-corrected chi connectivity index (χ0v) is 9.86. The number of nitrogens with two attached hydrogens (primary N) is 1. The van der Waals surface area contributed by atoms with E-state index in [0.717, 1.165) is 22.6 Å². The number of pyridine rings is 1. The Morgan fingerprint density at radius 3 is 2.56 bits per heavy atom. The van der Waals surface area contributed by atoms with Crippen LogP contribution in [0.4, 0.5) is 0 Å². The summed E-state index contributed by atoms with van der Waals surface area (Å²) in [6, 6.07) is 2.02. The molecule has 0 spiro atoms. The van der Waals surface area contributed by atoms with E-state index in [2.05, 4.69) is 23.9 Å². The van der Waals surface area contributed by atoms with Crippen molar-refractivity contribution in [2.45, 2.75) is 27.3 Å². The SMILES string of the molecule is Cc1nn(-c2cncc(CN)c2)c(C)c1C. The number of nitrogens with zero attached hydrogens (tertiary/aromatic N) is 3. The van der Waals surface area contributed by atoms with Gasteiger partial charge in [0.25, 0.3) is 0 Å². The lowest BCUT2D eigenvalue weighted by Gasteiger charge is -2.05. The first-order chi connectivity index (χ1) is 7.63. The van der Waals surface area contributed by atoms with Gasteiger partial charge in [-0.1, -0.05) is 0 Å². The average Bonchev–Trinajstić information content (AvgIpc) is 2.57. The van der Waals surface area contributed by atoms with E-state index < -0.39 is 0 Å². The highest BCUT2D eigenvalue weighted by molar-refractivity contribution is 5.36. The minimum atomic E-state index is 0.499. The van der Waals surface area contributed by atoms with Crippen LogP contribution < -0.4 is 5.73 Å². The van der Waals surface area contributed by atoms with E-state index in [4.69, 9.17) is 5.73 Å². The minimum absolute atomic E-state index is 0.499. The number of aromatic nitrogens is 3. The van der Waals surface area contributed by atoms with Gasteiger partial charge in [0.05, 0.1) is 17.6 Å². The fraction of sp³-hybridized carbons (Fsp3) is 0.333. The summed E-state index contributed by atoms with van der Waals surface area (Å²) < 4.78 is 1.91. The van der Waals surface area contributed by atoms with Gasteiger partial charge in [0, 0.05) is 18.4 Å². The van der Waals surface area contributed by atoms with Crippen molar-refractivity contribution >= 4 is 0 Å². The average molecular weight is 216 g/mol. The maximum atomic E-state index is 5.60. The Hall–Kier alpha value is -1.68. The molecule has 0 aliphatic heterocycles. The molecule has 0 bridgehead atoms. The molecule has 16 heavy (non-hydrogen) atoms. The molecule has 0 atom stereocenters. The Morgan fingerprint density at radius 2 is 2.00 bits per heavy atom. The molecule has 0 amide bonds. The van der Waals surface area contributed by atoms with Crippen LogP contribution in [0, 0.1) is 20.8 Å². The maximum Gasteiger partial charge on any atom is 0.0835 e. The van der Waals surface area contributed by atoms with Gasteiger partial charge in [0.2, 0.25) is 0 Å². The number of aryl methyl sites for hydroxylation is 1. The van der Waals surface area contributed by atoms with E-state index in [9.17, 15) is 0 Å². The molecule has 0 saturated carbocycles. The van der Waals surface area contributed by atoms with Crippen LogP contribution in [-0.2, 0) is 6.54 Å². The van der Waals surface area contributed by atoms with Crippen LogP contribution in [0.15, 0.2) is 18.5 Å². The number of rotatable bonds is 2. The molecule has 4 nitrogen and oxygen atoms in total. The quantitative estimate of drug-likeness (QED) is 0.830. The lowest BCUT2D eigenvalue weighted by Crippen LogP contribution is -2.03. The third kappa shape index (κ3) is 1.72. The van der Waals surface area contributed by atoms with E-state index in [-0.39, 0.29) is 0 Å². The number of hydrogen-bond donors (Lipinski definition) is 1. The lowest BCUT2D eigenvalue weighted by atomic mass is 10.2. The van der Waals surface area contributed by atoms with Gasteiger partial charge in [-0.2, -0.15) is 5.10 Å². The molecular formula is C12H16N4. The molecule has 0 fully saturated rings. The fourth-order valence-corrected chi connectivity index (χ4v) is 1.67. The molecule has 0 unspecified atom stereocenters. The zero-order chi connectivity index (χ0) is 11.7. The molecule has 0 saturated heterocycles. The summed E-state index contributed by atoms with van der Waals surface area (Å²) in [6.45, 7) is 6.65. The molecule has 2 N–H and O–H groups in total. The van der Waals surface area contributed by atoms with Crippen molar-refractivity contribution in [3.63, 3.8) is 0 Å². The molecule has 0 aliphatic rings. The first-order valence-corrected chi connectivity index (χ1v) is 5.30. The van der Waals surface area contributed by atoms with Crippen molar-refractivity contribution in [2.75, 3.05) is 0 Å². The van der Waals surface area contributed by atoms with Gasteiger partial charge >= 0.3 is 0 Å². The Labute approximate surface area is 95.1 Å². The Kier molecular flexibility index (Phi) is 2.75. The largest absolute Gasteiger partial charge is 0.326 e. The van der Waals surface area contributed by atoms with Gasteiger partial charge < -0.3 is 5.73 Å². The summed E-state index contributed by atoms with van der Waals surface area (Å²) in [4.78, 5) is 4.17. The molecule has 2 aromatic heterocycles. The van der Waals surface area contributed by atoms with Crippen LogP contribution in [0.5, 0.6) is 0 Å². The van der Waals surface area contributed by atoms with Gasteiger partial charge in [-0.3, -0.25) is 4.98 Å². The van der Waals surface area contributed by atoms with Crippen molar-refractivity contribution in [3.8, 4) is 5.69 Å². The second-order valence-electron chi connectivity index (χ2n) is 3.96. The number of hydrogen-bond acceptors (Lipinski definition) is 3. The van der Waals surface area contributed by atoms with Crippen LogP contribution in [0.1, 0.15) is 22.5 Å². The summed E-state index contributed by atoms with van der Waals surface area (Å²) in [6.07, 6.45) is 3.58. The van der Waals surface area contributed by atoms with Crippen LogP contribution in [-0.4, -0.2) is 14.8 Å². The van der Waals surface area contributed by atoms with Gasteiger partial charge in [0.15, 0.2) is 0 Å². The Morgan fingerprint density at radius 1 is 1.25 bits per heavy atom. The summed E-state index contributed by atoms with van der Waals surface area (Å²) in [5.74, 6) is 0. The van der Waals surface area contributed by atoms with Crippen molar-refractivity contribution in [1.82, 2.24) is 14.8 Å². The standard InChI is InChI=1S/C12H16N4/c1-8-9(2)15-16(10(8)3)12-4-11(5-13)6-14-7-12/h4,6-7H,5,13H2,1-3H3. The van der Waals surface area contributed by atoms with Gasteiger partial charge in [-0.05, 0) is 38.0 Å². The highest BCUT2D eigenvalue weighted by Crippen LogP contribution is 2.16. The van der Waals surface area contributed by atoms with E-state index in [1.807, 2.05) is 17.7 Å². The van der Waals surface area contributed by atoms with E-state index in [0.29, 0.717) is 6.54 Å². The Bertz CT molecular complexity index is 514. The van der Waals surface area contributed by atoms with Crippen LogP contribution in [0.2, 0.25) is 0 Å². The van der Waals surface area contributed by atoms with Gasteiger partial charge in [-0.15, -0.1) is 0 Å². The monoisotopic (exact) mass is 216 g/mol. The van der Waals surface area contributed by atoms with Crippen LogP contribution >= 0.6 is 0 Å². The predicted octanol–water partition coefficient (Wildman–Crippen LogP) is 1.65. The summed E-state index contributed by atoms with van der Waals surface area (Å²) in [5, 5.41) is 4.49. The molecule has 0 radical (unpaired) electrons.